The molecule has 1 aromatic carbocycles. The van der Waals surface area contributed by atoms with Crippen LogP contribution < -0.4 is 5.46 Å². The predicted octanol–water partition coefficient (Wildman–Crippen LogP) is -0.736. The lowest BCUT2D eigenvalue weighted by atomic mass is 9.94. The number of nitrogens with zero attached hydrogens (tertiary/aromatic N) is 1. The fraction of sp³-hybridized carbons (Fsp3) is 0. The van der Waals surface area contributed by atoms with Crippen molar-refractivity contribution in [1.82, 2.24) is 0 Å². The molecule has 0 radical (unpaired) electrons. The summed E-state index contributed by atoms with van der Waals surface area (Å²) in [6.07, 6.45) is 0. The zero-order valence-electron chi connectivity index (χ0n) is 6.31. The quantitative estimate of drug-likeness (QED) is 0.328. The molecule has 6 heteroatoms. The SMILES string of the molecule is Bc1ccc(O)c([N+](=O)[O-])c1O. The highest BCUT2D eigenvalue weighted by Gasteiger charge is 2.20. The van der Waals surface area contributed by atoms with Crippen molar-refractivity contribution in [3.8, 4) is 11.5 Å². The second kappa shape index (κ2) is 2.73. The van der Waals surface area contributed by atoms with Gasteiger partial charge in [0.2, 0.25) is 0 Å². The standard InChI is InChI=1S/C6H6BNO4/c7-3-1-2-4(9)5(6(3)10)8(11)12/h1-2,9-10H,7H2. The fourth-order valence-corrected chi connectivity index (χ4v) is 0.850. The largest absolute Gasteiger partial charge is 0.502 e. The van der Waals surface area contributed by atoms with Gasteiger partial charge in [-0.15, -0.1) is 0 Å². The summed E-state index contributed by atoms with van der Waals surface area (Å²) in [5.41, 5.74) is -0.283. The Labute approximate surface area is 68.8 Å². The highest BCUT2D eigenvalue weighted by atomic mass is 16.6. The molecule has 0 aromatic heterocycles. The van der Waals surface area contributed by atoms with Crippen molar-refractivity contribution >= 4 is 19.0 Å². The summed E-state index contributed by atoms with van der Waals surface area (Å²) < 4.78 is 0. The summed E-state index contributed by atoms with van der Waals surface area (Å²) in [5, 5.41) is 28.4. The summed E-state index contributed by atoms with van der Waals surface area (Å²) in [5.74, 6) is -1.01. The van der Waals surface area contributed by atoms with Crippen molar-refractivity contribution in [3.05, 3.63) is 22.2 Å². The fourth-order valence-electron chi connectivity index (χ4n) is 0.850. The van der Waals surface area contributed by atoms with Crippen LogP contribution in [0.2, 0.25) is 0 Å². The maximum Gasteiger partial charge on any atom is 0.351 e. The van der Waals surface area contributed by atoms with Crippen LogP contribution in [0, 0.1) is 10.1 Å². The van der Waals surface area contributed by atoms with Gasteiger partial charge in [0.15, 0.2) is 11.5 Å². The molecule has 2 N–H and O–H groups in total. The number of nitro groups is 1. The average Bonchev–Trinajstić information content (AvgIpc) is 1.97. The van der Waals surface area contributed by atoms with Crippen molar-refractivity contribution < 1.29 is 15.1 Å². The van der Waals surface area contributed by atoms with Gasteiger partial charge in [0.1, 0.15) is 7.85 Å². The highest BCUT2D eigenvalue weighted by Crippen LogP contribution is 2.32. The van der Waals surface area contributed by atoms with Crippen molar-refractivity contribution in [3.63, 3.8) is 0 Å². The number of nitro benzene ring substituents is 1. The first-order valence-electron chi connectivity index (χ1n) is 3.20. The highest BCUT2D eigenvalue weighted by molar-refractivity contribution is 6.34. The summed E-state index contributed by atoms with van der Waals surface area (Å²) >= 11 is 0. The second-order valence-electron chi connectivity index (χ2n) is 2.36. The molecule has 0 aliphatic carbocycles. The summed E-state index contributed by atoms with van der Waals surface area (Å²) in [6.45, 7) is 0. The van der Waals surface area contributed by atoms with Crippen molar-refractivity contribution in [2.45, 2.75) is 0 Å². The topological polar surface area (TPSA) is 83.6 Å². The van der Waals surface area contributed by atoms with Crippen LogP contribution in [0.25, 0.3) is 0 Å². The van der Waals surface area contributed by atoms with E-state index in [2.05, 4.69) is 0 Å². The van der Waals surface area contributed by atoms with Gasteiger partial charge in [-0.05, 0) is 11.5 Å². The van der Waals surface area contributed by atoms with E-state index in [1.165, 1.54) is 20.0 Å². The molecule has 0 bridgehead atoms. The Morgan fingerprint density at radius 1 is 1.42 bits per heavy atom. The molecule has 0 heterocycles. The van der Waals surface area contributed by atoms with Crippen LogP contribution in [-0.4, -0.2) is 23.0 Å². The lowest BCUT2D eigenvalue weighted by Crippen LogP contribution is -2.04. The molecule has 62 valence electrons. The van der Waals surface area contributed by atoms with Gasteiger partial charge >= 0.3 is 5.69 Å². The molecule has 0 aliphatic heterocycles. The van der Waals surface area contributed by atoms with Gasteiger partial charge in [-0.3, -0.25) is 10.1 Å². The van der Waals surface area contributed by atoms with Gasteiger partial charge in [0.25, 0.3) is 0 Å². The van der Waals surface area contributed by atoms with Crippen LogP contribution in [0.1, 0.15) is 0 Å². The van der Waals surface area contributed by atoms with Crippen LogP contribution in [-0.2, 0) is 0 Å². The van der Waals surface area contributed by atoms with E-state index in [0.717, 1.165) is 0 Å². The maximum absolute atomic E-state index is 10.3. The van der Waals surface area contributed by atoms with Crippen LogP contribution in [0.15, 0.2) is 12.1 Å². The molecule has 0 spiro atoms. The lowest BCUT2D eigenvalue weighted by molar-refractivity contribution is -0.386. The number of rotatable bonds is 1. The summed E-state index contributed by atoms with van der Waals surface area (Å²) in [4.78, 5) is 9.46. The van der Waals surface area contributed by atoms with Crippen molar-refractivity contribution in [1.29, 1.82) is 0 Å². The van der Waals surface area contributed by atoms with Crippen molar-refractivity contribution in [2.75, 3.05) is 0 Å². The van der Waals surface area contributed by atoms with E-state index in [4.69, 9.17) is 10.2 Å². The van der Waals surface area contributed by atoms with E-state index in [0.29, 0.717) is 5.46 Å². The third-order valence-corrected chi connectivity index (χ3v) is 1.51. The summed E-state index contributed by atoms with van der Waals surface area (Å²) in [7, 11) is 1.52. The number of benzene rings is 1. The van der Waals surface area contributed by atoms with Gasteiger partial charge in [-0.25, -0.2) is 0 Å². The average molecular weight is 167 g/mol. The third kappa shape index (κ3) is 1.18. The Morgan fingerprint density at radius 3 is 2.42 bits per heavy atom. The predicted molar refractivity (Wildman–Crippen MR) is 44.6 cm³/mol. The zero-order chi connectivity index (χ0) is 9.30. The molecule has 0 saturated heterocycles. The molecular formula is C6H6BNO4. The first-order valence-corrected chi connectivity index (χ1v) is 3.20. The second-order valence-corrected chi connectivity index (χ2v) is 2.36. The van der Waals surface area contributed by atoms with E-state index < -0.39 is 22.1 Å². The van der Waals surface area contributed by atoms with E-state index >= 15 is 0 Å². The van der Waals surface area contributed by atoms with Gasteiger partial charge in [-0.1, -0.05) is 6.07 Å². The van der Waals surface area contributed by atoms with E-state index in [-0.39, 0.29) is 0 Å². The summed E-state index contributed by atoms with van der Waals surface area (Å²) in [6, 6.07) is 2.57. The smallest absolute Gasteiger partial charge is 0.351 e. The van der Waals surface area contributed by atoms with Crippen LogP contribution in [0.3, 0.4) is 0 Å². The Kier molecular flexibility index (Phi) is 1.91. The molecule has 0 fully saturated rings. The first kappa shape index (κ1) is 8.38. The molecule has 1 rings (SSSR count). The number of aromatic hydroxyl groups is 2. The zero-order valence-corrected chi connectivity index (χ0v) is 6.31. The van der Waals surface area contributed by atoms with Crippen LogP contribution in [0.4, 0.5) is 5.69 Å². The first-order chi connectivity index (χ1) is 5.54. The molecule has 0 amide bonds. The number of phenols is 2. The maximum atomic E-state index is 10.3. The minimum Gasteiger partial charge on any atom is -0.502 e. The molecule has 1 aromatic rings. The molecular weight excluding hydrogens is 161 g/mol. The number of hydrogen-bond acceptors (Lipinski definition) is 4. The molecule has 0 saturated carbocycles. The van der Waals surface area contributed by atoms with Crippen LogP contribution in [0.5, 0.6) is 11.5 Å². The minimum absolute atomic E-state index is 0.361. The van der Waals surface area contributed by atoms with Gasteiger partial charge in [0.05, 0.1) is 4.92 Å². The Hall–Kier alpha value is -1.72. The van der Waals surface area contributed by atoms with E-state index in [9.17, 15) is 10.1 Å². The normalized spacial score (nSPS) is 9.67. The molecule has 0 aliphatic rings. The van der Waals surface area contributed by atoms with E-state index in [1.807, 2.05) is 0 Å². The lowest BCUT2D eigenvalue weighted by Gasteiger charge is -2.00. The number of phenolic OH excluding ortho intramolecular Hbond substituents is 2. The van der Waals surface area contributed by atoms with Gasteiger partial charge in [0, 0.05) is 0 Å². The Bertz CT molecular complexity index is 339. The Morgan fingerprint density at radius 2 is 2.00 bits per heavy atom. The number of hydrogen-bond donors (Lipinski definition) is 2. The van der Waals surface area contributed by atoms with Gasteiger partial charge < -0.3 is 10.2 Å². The monoisotopic (exact) mass is 167 g/mol. The van der Waals surface area contributed by atoms with Gasteiger partial charge in [-0.2, -0.15) is 0 Å². The van der Waals surface area contributed by atoms with Crippen LogP contribution >= 0.6 is 0 Å². The third-order valence-electron chi connectivity index (χ3n) is 1.51. The molecule has 12 heavy (non-hydrogen) atoms. The molecule has 5 nitrogen and oxygen atoms in total. The van der Waals surface area contributed by atoms with Crippen molar-refractivity contribution in [2.24, 2.45) is 0 Å². The molecule has 0 atom stereocenters. The Balaban J connectivity index is 3.43. The minimum atomic E-state index is -0.822. The van der Waals surface area contributed by atoms with E-state index in [1.54, 1.807) is 0 Å². The molecule has 0 unspecified atom stereocenters.